The highest BCUT2D eigenvalue weighted by Gasteiger charge is 2.39. The van der Waals surface area contributed by atoms with Crippen LogP contribution in [-0.4, -0.2) is 37.2 Å². The molecule has 1 heterocycles. The molecule has 1 aliphatic rings. The van der Waals surface area contributed by atoms with Gasteiger partial charge < -0.3 is 18.9 Å². The van der Waals surface area contributed by atoms with Crippen LogP contribution in [0, 0.1) is 12.8 Å². The van der Waals surface area contributed by atoms with Gasteiger partial charge in [-0.15, -0.1) is 0 Å². The van der Waals surface area contributed by atoms with E-state index in [1.807, 2.05) is 32.9 Å². The molecule has 0 aliphatic carbocycles. The van der Waals surface area contributed by atoms with Gasteiger partial charge in [-0.3, -0.25) is 4.79 Å². The van der Waals surface area contributed by atoms with E-state index in [0.29, 0.717) is 24.5 Å². The molecule has 0 bridgehead atoms. The van der Waals surface area contributed by atoms with Gasteiger partial charge in [0.2, 0.25) is 6.29 Å². The molecule has 2 atom stereocenters. The molecule has 1 aromatic rings. The van der Waals surface area contributed by atoms with Gasteiger partial charge in [0.05, 0.1) is 18.6 Å². The van der Waals surface area contributed by atoms with Gasteiger partial charge in [-0.05, 0) is 31.4 Å². The van der Waals surface area contributed by atoms with Crippen molar-refractivity contribution in [2.24, 2.45) is 5.92 Å². The molecule has 0 N–H and O–H groups in total. The van der Waals surface area contributed by atoms with Crippen molar-refractivity contribution in [2.45, 2.75) is 52.6 Å². The number of ether oxygens (including phenoxy) is 4. The van der Waals surface area contributed by atoms with Crippen molar-refractivity contribution in [1.82, 2.24) is 0 Å². The van der Waals surface area contributed by atoms with E-state index >= 15 is 0 Å². The van der Waals surface area contributed by atoms with Gasteiger partial charge >= 0.3 is 11.9 Å². The van der Waals surface area contributed by atoms with Crippen LogP contribution in [0.1, 0.15) is 49.5 Å². The van der Waals surface area contributed by atoms with E-state index < -0.39 is 18.0 Å². The monoisotopic (exact) mass is 350 g/mol. The first-order valence-corrected chi connectivity index (χ1v) is 8.53. The van der Waals surface area contributed by atoms with Crippen LogP contribution in [0.5, 0.6) is 0 Å². The maximum atomic E-state index is 12.2. The Labute approximate surface area is 148 Å². The Balaban J connectivity index is 1.81. The third kappa shape index (κ3) is 5.83. The third-order valence-electron chi connectivity index (χ3n) is 3.87. The molecule has 1 saturated heterocycles. The molecule has 0 radical (unpaired) electrons. The van der Waals surface area contributed by atoms with Crippen LogP contribution in [-0.2, 0) is 23.7 Å². The lowest BCUT2D eigenvalue weighted by Gasteiger charge is -2.22. The predicted molar refractivity (Wildman–Crippen MR) is 90.9 cm³/mol. The van der Waals surface area contributed by atoms with E-state index in [2.05, 4.69) is 0 Å². The normalized spacial score (nSPS) is 22.8. The molecule has 0 amide bonds. The Bertz CT molecular complexity index is 612. The molecule has 0 spiro atoms. The van der Waals surface area contributed by atoms with Crippen molar-refractivity contribution in [3.05, 3.63) is 35.4 Å². The van der Waals surface area contributed by atoms with Crippen molar-refractivity contribution in [3.8, 4) is 0 Å². The number of hydrogen-bond acceptors (Lipinski definition) is 6. The Morgan fingerprint density at radius 1 is 1.32 bits per heavy atom. The summed E-state index contributed by atoms with van der Waals surface area (Å²) in [6, 6.07) is 7.19. The zero-order valence-electron chi connectivity index (χ0n) is 15.2. The Hall–Kier alpha value is -1.92. The van der Waals surface area contributed by atoms with E-state index in [-0.39, 0.29) is 19.0 Å². The van der Waals surface area contributed by atoms with Gasteiger partial charge in [-0.25, -0.2) is 4.79 Å². The number of rotatable bonds is 7. The van der Waals surface area contributed by atoms with Crippen molar-refractivity contribution >= 4 is 11.9 Å². The van der Waals surface area contributed by atoms with Crippen molar-refractivity contribution in [3.63, 3.8) is 0 Å². The second-order valence-corrected chi connectivity index (χ2v) is 6.79. The van der Waals surface area contributed by atoms with E-state index in [1.54, 1.807) is 19.1 Å². The molecule has 1 aliphatic heterocycles. The molecule has 6 nitrogen and oxygen atoms in total. The Kier molecular flexibility index (Phi) is 6.56. The van der Waals surface area contributed by atoms with Gasteiger partial charge in [0, 0.05) is 6.42 Å². The zero-order chi connectivity index (χ0) is 18.4. The molecule has 2 rings (SSSR count). The maximum Gasteiger partial charge on any atom is 0.340 e. The molecule has 2 unspecified atom stereocenters. The number of hydrogen-bond donors (Lipinski definition) is 0. The second kappa shape index (κ2) is 8.45. The molecule has 0 saturated carbocycles. The van der Waals surface area contributed by atoms with Crippen LogP contribution in [0.2, 0.25) is 0 Å². The molecule has 25 heavy (non-hydrogen) atoms. The molecular weight excluding hydrogens is 324 g/mol. The van der Waals surface area contributed by atoms with Crippen LogP contribution in [0.25, 0.3) is 0 Å². The van der Waals surface area contributed by atoms with Crippen molar-refractivity contribution in [1.29, 1.82) is 0 Å². The van der Waals surface area contributed by atoms with Gasteiger partial charge in [0.15, 0.2) is 5.79 Å². The summed E-state index contributed by atoms with van der Waals surface area (Å²) in [6.07, 6.45) is -0.270. The summed E-state index contributed by atoms with van der Waals surface area (Å²) in [7, 11) is 0. The lowest BCUT2D eigenvalue weighted by molar-refractivity contribution is -0.193. The summed E-state index contributed by atoms with van der Waals surface area (Å²) >= 11 is 0. The lowest BCUT2D eigenvalue weighted by Crippen LogP contribution is -2.29. The summed E-state index contributed by atoms with van der Waals surface area (Å²) in [5.41, 5.74) is 1.33. The van der Waals surface area contributed by atoms with Gasteiger partial charge in [-0.2, -0.15) is 0 Å². The highest BCUT2D eigenvalue weighted by atomic mass is 16.8. The van der Waals surface area contributed by atoms with Crippen LogP contribution >= 0.6 is 0 Å². The third-order valence-corrected chi connectivity index (χ3v) is 3.87. The first-order valence-electron chi connectivity index (χ1n) is 8.53. The smallest absolute Gasteiger partial charge is 0.340 e. The molecule has 1 aromatic carbocycles. The summed E-state index contributed by atoms with van der Waals surface area (Å²) in [5, 5.41) is 0. The van der Waals surface area contributed by atoms with Crippen LogP contribution in [0.3, 0.4) is 0 Å². The van der Waals surface area contributed by atoms with Gasteiger partial charge in [0.1, 0.15) is 6.61 Å². The molecule has 138 valence electrons. The van der Waals surface area contributed by atoms with E-state index in [9.17, 15) is 9.59 Å². The fourth-order valence-electron chi connectivity index (χ4n) is 2.43. The molecule has 0 aromatic heterocycles. The molecular formula is C19H26O6. The highest BCUT2D eigenvalue weighted by Crippen LogP contribution is 2.29. The summed E-state index contributed by atoms with van der Waals surface area (Å²) in [4.78, 5) is 23.9. The number of esters is 2. The minimum atomic E-state index is -0.965. The van der Waals surface area contributed by atoms with Gasteiger partial charge in [0.25, 0.3) is 0 Å². The van der Waals surface area contributed by atoms with Crippen molar-refractivity contribution in [2.75, 3.05) is 13.2 Å². The Morgan fingerprint density at radius 3 is 2.72 bits per heavy atom. The van der Waals surface area contributed by atoms with Gasteiger partial charge in [-0.1, -0.05) is 32.0 Å². The minimum absolute atomic E-state index is 0.134. The lowest BCUT2D eigenvalue weighted by atomic mass is 10.1. The average Bonchev–Trinajstić information content (AvgIpc) is 2.92. The fourth-order valence-corrected chi connectivity index (χ4v) is 2.43. The quantitative estimate of drug-likeness (QED) is 0.703. The second-order valence-electron chi connectivity index (χ2n) is 6.79. The summed E-state index contributed by atoms with van der Waals surface area (Å²) < 4.78 is 21.8. The first kappa shape index (κ1) is 19.4. The highest BCUT2D eigenvalue weighted by molar-refractivity contribution is 5.91. The summed E-state index contributed by atoms with van der Waals surface area (Å²) in [6.45, 7) is 8.05. The van der Waals surface area contributed by atoms with Crippen molar-refractivity contribution < 1.29 is 28.5 Å². The average molecular weight is 350 g/mol. The van der Waals surface area contributed by atoms with Crippen LogP contribution in [0.4, 0.5) is 0 Å². The van der Waals surface area contributed by atoms with Crippen LogP contribution < -0.4 is 0 Å². The number of aryl methyl sites for hydroxylation is 1. The van der Waals surface area contributed by atoms with E-state index in [1.165, 1.54) is 0 Å². The minimum Gasteiger partial charge on any atom is -0.465 e. The standard InChI is InChI=1S/C19H26O6/c1-13(2)11-22-16(20)9-10-19(4)23-12-17(25-19)24-18(21)15-8-6-5-7-14(15)3/h5-8,13,17H,9-12H2,1-4H3. The number of carbonyl (C=O) groups is 2. The Morgan fingerprint density at radius 2 is 2.04 bits per heavy atom. The number of carbonyl (C=O) groups excluding carboxylic acids is 2. The van der Waals surface area contributed by atoms with E-state index in [4.69, 9.17) is 18.9 Å². The zero-order valence-corrected chi connectivity index (χ0v) is 15.2. The summed E-state index contributed by atoms with van der Waals surface area (Å²) in [5.74, 6) is -1.41. The predicted octanol–water partition coefficient (Wildman–Crippen LogP) is 3.22. The van der Waals surface area contributed by atoms with E-state index in [0.717, 1.165) is 5.56 Å². The first-order chi connectivity index (χ1) is 11.8. The number of benzene rings is 1. The largest absolute Gasteiger partial charge is 0.465 e. The maximum absolute atomic E-state index is 12.2. The molecule has 6 heteroatoms. The fraction of sp³-hybridized carbons (Fsp3) is 0.579. The SMILES string of the molecule is Cc1ccccc1C(=O)OC1COC(C)(CCC(=O)OCC(C)C)O1. The van der Waals surface area contributed by atoms with Crippen LogP contribution in [0.15, 0.2) is 24.3 Å². The topological polar surface area (TPSA) is 71.1 Å². The molecule has 1 fully saturated rings.